The third-order valence-corrected chi connectivity index (χ3v) is 3.55. The molecule has 0 saturated heterocycles. The number of nitrogens with two attached hydrogens (primary N) is 1. The zero-order valence-corrected chi connectivity index (χ0v) is 7.46. The van der Waals surface area contributed by atoms with Crippen LogP contribution in [0, 0.1) is 0 Å². The van der Waals surface area contributed by atoms with E-state index in [4.69, 9.17) is 10.8 Å². The van der Waals surface area contributed by atoms with Crippen LogP contribution in [0.25, 0.3) is 0 Å². The molecule has 3 aliphatic rings. The summed E-state index contributed by atoms with van der Waals surface area (Å²) in [6.07, 6.45) is 3.39. The van der Waals surface area contributed by atoms with Gasteiger partial charge in [0.15, 0.2) is 0 Å². The van der Waals surface area contributed by atoms with Crippen LogP contribution in [-0.4, -0.2) is 10.6 Å². The molecule has 1 aromatic rings. The maximum absolute atomic E-state index is 9.15. The van der Waals surface area contributed by atoms with Gasteiger partial charge in [-0.3, -0.25) is 0 Å². The fourth-order valence-electron chi connectivity index (χ4n) is 2.99. The molecule has 2 bridgehead atoms. The molecule has 1 aromatic carbocycles. The first-order valence-electron chi connectivity index (χ1n) is 4.70. The number of benzene rings is 1. The van der Waals surface area contributed by atoms with Crippen molar-refractivity contribution in [3.05, 3.63) is 29.8 Å². The first-order chi connectivity index (χ1) is 6.12. The van der Waals surface area contributed by atoms with Crippen molar-refractivity contribution < 1.29 is 5.11 Å². The van der Waals surface area contributed by atoms with Gasteiger partial charge < -0.3 is 10.8 Å². The molecule has 0 atom stereocenters. The molecular weight excluding hydrogens is 162 g/mol. The lowest BCUT2D eigenvalue weighted by Crippen LogP contribution is -2.74. The molecule has 3 fully saturated rings. The van der Waals surface area contributed by atoms with E-state index in [0.717, 1.165) is 19.3 Å². The number of hydrogen-bond donors (Lipinski definition) is 2. The molecular formula is C11H13NO. The summed E-state index contributed by atoms with van der Waals surface area (Å²) in [6, 6.07) is 7.57. The molecule has 4 rings (SSSR count). The van der Waals surface area contributed by atoms with Gasteiger partial charge in [0, 0.05) is 11.0 Å². The van der Waals surface area contributed by atoms with Crippen molar-refractivity contribution in [2.24, 2.45) is 5.73 Å². The Morgan fingerprint density at radius 3 is 2.08 bits per heavy atom. The summed E-state index contributed by atoms with van der Waals surface area (Å²) in [5.41, 5.74) is 7.88. The van der Waals surface area contributed by atoms with E-state index in [1.54, 1.807) is 12.1 Å². The van der Waals surface area contributed by atoms with E-state index in [0.29, 0.717) is 11.2 Å². The van der Waals surface area contributed by atoms with Gasteiger partial charge in [-0.05, 0) is 37.0 Å². The molecule has 0 unspecified atom stereocenters. The van der Waals surface area contributed by atoms with Crippen LogP contribution in [0.15, 0.2) is 24.3 Å². The number of hydrogen-bond acceptors (Lipinski definition) is 2. The Hall–Kier alpha value is -1.02. The first-order valence-corrected chi connectivity index (χ1v) is 4.70. The molecule has 13 heavy (non-hydrogen) atoms. The molecule has 3 saturated carbocycles. The molecule has 0 aliphatic heterocycles. The van der Waals surface area contributed by atoms with Gasteiger partial charge in [-0.2, -0.15) is 0 Å². The molecule has 0 aromatic heterocycles. The van der Waals surface area contributed by atoms with Crippen LogP contribution in [0.5, 0.6) is 5.75 Å². The van der Waals surface area contributed by atoms with E-state index in [-0.39, 0.29) is 5.54 Å². The fourth-order valence-corrected chi connectivity index (χ4v) is 2.99. The lowest BCUT2D eigenvalue weighted by molar-refractivity contribution is -0.0590. The molecule has 3 N–H and O–H groups in total. The first kappa shape index (κ1) is 7.39. The average molecular weight is 175 g/mol. The zero-order valence-electron chi connectivity index (χ0n) is 7.46. The Morgan fingerprint density at radius 1 is 1.08 bits per heavy atom. The molecule has 0 amide bonds. The second kappa shape index (κ2) is 1.90. The van der Waals surface area contributed by atoms with E-state index in [9.17, 15) is 0 Å². The van der Waals surface area contributed by atoms with Crippen molar-refractivity contribution >= 4 is 0 Å². The van der Waals surface area contributed by atoms with Crippen LogP contribution < -0.4 is 5.73 Å². The summed E-state index contributed by atoms with van der Waals surface area (Å²) in [5, 5.41) is 9.15. The van der Waals surface area contributed by atoms with E-state index >= 15 is 0 Å². The minimum atomic E-state index is 0.165. The van der Waals surface area contributed by atoms with Crippen LogP contribution in [0.1, 0.15) is 24.8 Å². The van der Waals surface area contributed by atoms with Crippen LogP contribution in [0.4, 0.5) is 0 Å². The molecule has 2 nitrogen and oxygen atoms in total. The number of rotatable bonds is 1. The van der Waals surface area contributed by atoms with E-state index in [2.05, 4.69) is 0 Å². The molecule has 0 heterocycles. The van der Waals surface area contributed by atoms with Crippen molar-refractivity contribution in [1.29, 1.82) is 0 Å². The van der Waals surface area contributed by atoms with Gasteiger partial charge in [-0.1, -0.05) is 12.1 Å². The number of aromatic hydroxyl groups is 1. The van der Waals surface area contributed by atoms with Crippen LogP contribution in [-0.2, 0) is 5.41 Å². The van der Waals surface area contributed by atoms with Gasteiger partial charge in [-0.15, -0.1) is 0 Å². The predicted octanol–water partition coefficient (Wildman–Crippen LogP) is 1.52. The zero-order chi connectivity index (χ0) is 9.10. The minimum absolute atomic E-state index is 0.165. The van der Waals surface area contributed by atoms with Gasteiger partial charge in [0.05, 0.1) is 0 Å². The Morgan fingerprint density at radius 2 is 1.62 bits per heavy atom. The van der Waals surface area contributed by atoms with Crippen LogP contribution >= 0.6 is 0 Å². The van der Waals surface area contributed by atoms with Crippen LogP contribution in [0.2, 0.25) is 0 Å². The maximum Gasteiger partial charge on any atom is 0.115 e. The maximum atomic E-state index is 9.15. The highest BCUT2D eigenvalue weighted by molar-refractivity contribution is 5.42. The fraction of sp³-hybridized carbons (Fsp3) is 0.455. The molecule has 2 heteroatoms. The standard InChI is InChI=1S/C11H13NO/c12-11-5-10(6-11,7-11)8-1-3-9(13)4-2-8/h1-4,13H,5-7,12H2. The van der Waals surface area contributed by atoms with Crippen molar-refractivity contribution in [2.75, 3.05) is 0 Å². The van der Waals surface area contributed by atoms with Gasteiger partial charge in [0.2, 0.25) is 0 Å². The molecule has 3 aliphatic carbocycles. The number of phenols is 1. The van der Waals surface area contributed by atoms with E-state index < -0.39 is 0 Å². The van der Waals surface area contributed by atoms with Gasteiger partial charge in [-0.25, -0.2) is 0 Å². The number of phenolic OH excluding ortho intramolecular Hbond substituents is 1. The van der Waals surface area contributed by atoms with Gasteiger partial charge in [0.1, 0.15) is 5.75 Å². The summed E-state index contributed by atoms with van der Waals surface area (Å²) in [6.45, 7) is 0. The normalized spacial score (nSPS) is 40.7. The van der Waals surface area contributed by atoms with Crippen LogP contribution in [0.3, 0.4) is 0 Å². The molecule has 0 radical (unpaired) electrons. The SMILES string of the molecule is NC12CC(c3ccc(O)cc3)(C1)C2. The Balaban J connectivity index is 1.91. The summed E-state index contributed by atoms with van der Waals surface area (Å²) in [7, 11) is 0. The average Bonchev–Trinajstić information content (AvgIpc) is 1.99. The monoisotopic (exact) mass is 175 g/mol. The van der Waals surface area contributed by atoms with Crippen molar-refractivity contribution in [3.63, 3.8) is 0 Å². The quantitative estimate of drug-likeness (QED) is 0.679. The molecule has 0 spiro atoms. The minimum Gasteiger partial charge on any atom is -0.508 e. The van der Waals surface area contributed by atoms with E-state index in [1.807, 2.05) is 12.1 Å². The lowest BCUT2D eigenvalue weighted by Gasteiger charge is -2.69. The second-order valence-electron chi connectivity index (χ2n) is 4.72. The Bertz CT molecular complexity index is 335. The lowest BCUT2D eigenvalue weighted by atomic mass is 9.38. The van der Waals surface area contributed by atoms with Crippen molar-refractivity contribution in [1.82, 2.24) is 0 Å². The Kier molecular flexibility index (Phi) is 1.08. The highest BCUT2D eigenvalue weighted by Gasteiger charge is 2.66. The van der Waals surface area contributed by atoms with Gasteiger partial charge >= 0.3 is 0 Å². The Labute approximate surface area is 77.4 Å². The second-order valence-corrected chi connectivity index (χ2v) is 4.72. The topological polar surface area (TPSA) is 46.2 Å². The summed E-state index contributed by atoms with van der Waals surface area (Å²) < 4.78 is 0. The molecule has 68 valence electrons. The van der Waals surface area contributed by atoms with Crippen molar-refractivity contribution in [3.8, 4) is 5.75 Å². The summed E-state index contributed by atoms with van der Waals surface area (Å²) in [5.74, 6) is 0.345. The predicted molar refractivity (Wildman–Crippen MR) is 50.6 cm³/mol. The highest BCUT2D eigenvalue weighted by Crippen LogP contribution is 2.66. The van der Waals surface area contributed by atoms with E-state index in [1.165, 1.54) is 5.56 Å². The highest BCUT2D eigenvalue weighted by atomic mass is 16.3. The largest absolute Gasteiger partial charge is 0.508 e. The van der Waals surface area contributed by atoms with Crippen molar-refractivity contribution in [2.45, 2.75) is 30.2 Å². The third-order valence-electron chi connectivity index (χ3n) is 3.55. The summed E-state index contributed by atoms with van der Waals surface area (Å²) >= 11 is 0. The summed E-state index contributed by atoms with van der Waals surface area (Å²) in [4.78, 5) is 0. The smallest absolute Gasteiger partial charge is 0.115 e. The third kappa shape index (κ3) is 0.814. The van der Waals surface area contributed by atoms with Gasteiger partial charge in [0.25, 0.3) is 0 Å².